The number of nitrogens with zero attached hydrogens (tertiary/aromatic N) is 3. The van der Waals surface area contributed by atoms with Crippen molar-refractivity contribution < 1.29 is 32.2 Å². The number of fused-ring (bicyclic) bond motifs is 1. The minimum Gasteiger partial charge on any atom is -0.507 e. The molecule has 0 aliphatic rings. The number of benzene rings is 3. The fourth-order valence-corrected chi connectivity index (χ4v) is 3.81. The van der Waals surface area contributed by atoms with Gasteiger partial charge in [-0.15, -0.1) is 10.2 Å². The van der Waals surface area contributed by atoms with Crippen LogP contribution < -0.4 is 0 Å². The first-order chi connectivity index (χ1) is 14.2. The number of hydrogen-bond donors (Lipinski definition) is 2. The van der Waals surface area contributed by atoms with Crippen molar-refractivity contribution >= 4 is 50.0 Å². The first-order valence-corrected chi connectivity index (χ1v) is 10.2. The first kappa shape index (κ1) is 21.6. The predicted octanol–water partition coefficient (Wildman–Crippen LogP) is 4.70. The molecule has 0 aromatic heterocycles. The lowest BCUT2D eigenvalue weighted by Gasteiger charge is -2.08. The van der Waals surface area contributed by atoms with E-state index >= 15 is 0 Å². The summed E-state index contributed by atoms with van der Waals surface area (Å²) in [4.78, 5) is 14.6. The zero-order valence-corrected chi connectivity index (χ0v) is 16.8. The van der Waals surface area contributed by atoms with Crippen LogP contribution >= 0.6 is 12.0 Å². The zero-order valence-electron chi connectivity index (χ0n) is 15.1. The van der Waals surface area contributed by atoms with Crippen molar-refractivity contribution in [2.45, 2.75) is 9.79 Å². The maximum Gasteiger partial charge on any atom is 0.295 e. The van der Waals surface area contributed by atoms with Gasteiger partial charge in [0.1, 0.15) is 16.3 Å². The van der Waals surface area contributed by atoms with E-state index in [1.54, 1.807) is 0 Å². The molecule has 0 aliphatic carbocycles. The Kier molecular flexibility index (Phi) is 6.28. The Hall–Kier alpha value is -3.10. The van der Waals surface area contributed by atoms with E-state index < -0.39 is 19.9 Å². The van der Waals surface area contributed by atoms with E-state index in [-0.39, 0.29) is 38.5 Å². The number of rotatable bonds is 7. The molecule has 0 heterocycles. The van der Waals surface area contributed by atoms with Crippen LogP contribution in [0.25, 0.3) is 10.8 Å². The van der Waals surface area contributed by atoms with Crippen LogP contribution in [-0.4, -0.2) is 30.1 Å². The molecule has 13 heteroatoms. The fourth-order valence-electron chi connectivity index (χ4n) is 2.58. The molecule has 0 aliphatic heterocycles. The maximum absolute atomic E-state index is 11.8. The number of non-ortho nitro benzene ring substituents is 1. The summed E-state index contributed by atoms with van der Waals surface area (Å²) < 4.78 is 37.8. The summed E-state index contributed by atoms with van der Waals surface area (Å²) in [5.41, 5.74) is 0.00564. The van der Waals surface area contributed by atoms with Gasteiger partial charge in [0.25, 0.3) is 15.8 Å². The van der Waals surface area contributed by atoms with E-state index in [0.29, 0.717) is 12.0 Å². The molecule has 156 valence electrons. The summed E-state index contributed by atoms with van der Waals surface area (Å²) in [5.74, 6) is -0.213. The van der Waals surface area contributed by atoms with Crippen molar-refractivity contribution in [3.05, 3.63) is 58.6 Å². The van der Waals surface area contributed by atoms with Crippen LogP contribution in [0.15, 0.2) is 68.6 Å². The minimum absolute atomic E-state index is 0.0343. The first-order valence-electron chi connectivity index (χ1n) is 8.02. The van der Waals surface area contributed by atoms with Crippen molar-refractivity contribution in [3.8, 4) is 5.75 Å². The highest BCUT2D eigenvalue weighted by Crippen LogP contribution is 2.39. The summed E-state index contributed by atoms with van der Waals surface area (Å²) in [7, 11) is -3.36. The molecule has 0 fully saturated rings. The Morgan fingerprint density at radius 3 is 2.47 bits per heavy atom. The van der Waals surface area contributed by atoms with E-state index in [9.17, 15) is 28.2 Å². The average Bonchev–Trinajstić information content (AvgIpc) is 2.71. The molecule has 3 aromatic carbocycles. The molecule has 0 amide bonds. The molecule has 0 saturated heterocycles. The van der Waals surface area contributed by atoms with Crippen LogP contribution in [0.1, 0.15) is 0 Å². The monoisotopic (exact) mass is 451 g/mol. The van der Waals surface area contributed by atoms with Crippen molar-refractivity contribution in [2.24, 2.45) is 10.2 Å². The SMILES string of the molecule is COOSc1cc([N+](=O)[O-])ccc1/N=N/c1ccc(O)c2cccc(S(=O)(=O)O)c12. The minimum atomic E-state index is -4.62. The molecular formula is C17H13N3O8S2. The second-order valence-electron chi connectivity index (χ2n) is 5.68. The Balaban J connectivity index is 2.15. The lowest BCUT2D eigenvalue weighted by molar-refractivity contribution is -0.385. The van der Waals surface area contributed by atoms with Gasteiger partial charge in [-0.05, 0) is 24.3 Å². The molecule has 2 N–H and O–H groups in total. The van der Waals surface area contributed by atoms with Gasteiger partial charge in [0.05, 0.1) is 34.7 Å². The summed E-state index contributed by atoms with van der Waals surface area (Å²) in [5, 5.41) is 29.2. The van der Waals surface area contributed by atoms with Gasteiger partial charge in [-0.25, -0.2) is 4.89 Å². The molecule has 0 atom stereocenters. The topological polar surface area (TPSA) is 161 Å². The number of aromatic hydroxyl groups is 1. The largest absolute Gasteiger partial charge is 0.507 e. The number of hydrogen-bond acceptors (Lipinski definition) is 10. The number of nitro benzene ring substituents is 1. The molecule has 0 saturated carbocycles. The number of phenolic OH excluding ortho intramolecular Hbond substituents is 1. The van der Waals surface area contributed by atoms with Crippen molar-refractivity contribution in [2.75, 3.05) is 7.11 Å². The second kappa shape index (κ2) is 8.73. The van der Waals surface area contributed by atoms with Crippen LogP contribution in [0.2, 0.25) is 0 Å². The molecule has 11 nitrogen and oxygen atoms in total. The van der Waals surface area contributed by atoms with Crippen LogP contribution in [0.3, 0.4) is 0 Å². The van der Waals surface area contributed by atoms with E-state index in [0.717, 1.165) is 6.07 Å². The highest BCUT2D eigenvalue weighted by molar-refractivity contribution is 7.94. The highest BCUT2D eigenvalue weighted by Gasteiger charge is 2.19. The Bertz CT molecular complexity index is 1260. The Morgan fingerprint density at radius 2 is 1.80 bits per heavy atom. The van der Waals surface area contributed by atoms with Gasteiger partial charge in [0.2, 0.25) is 0 Å². The lowest BCUT2D eigenvalue weighted by Crippen LogP contribution is -1.99. The van der Waals surface area contributed by atoms with Gasteiger partial charge in [-0.1, -0.05) is 12.1 Å². The summed E-state index contributed by atoms with van der Waals surface area (Å²) in [6, 6.07) is 10.3. The number of azo groups is 1. The maximum atomic E-state index is 11.8. The van der Waals surface area contributed by atoms with Gasteiger partial charge >= 0.3 is 0 Å². The fraction of sp³-hybridized carbons (Fsp3) is 0.0588. The second-order valence-corrected chi connectivity index (χ2v) is 7.82. The van der Waals surface area contributed by atoms with Gasteiger partial charge in [-0.2, -0.15) is 12.8 Å². The van der Waals surface area contributed by atoms with E-state index in [2.05, 4.69) is 15.1 Å². The quantitative estimate of drug-likeness (QED) is 0.129. The lowest BCUT2D eigenvalue weighted by atomic mass is 10.1. The number of nitro groups is 1. The van der Waals surface area contributed by atoms with E-state index in [4.69, 9.17) is 4.33 Å². The summed E-state index contributed by atoms with van der Waals surface area (Å²) in [6.07, 6.45) is 0. The molecule has 3 aromatic rings. The van der Waals surface area contributed by atoms with E-state index in [1.165, 1.54) is 49.6 Å². The van der Waals surface area contributed by atoms with Crippen molar-refractivity contribution in [3.63, 3.8) is 0 Å². The van der Waals surface area contributed by atoms with Crippen LogP contribution in [0.4, 0.5) is 17.1 Å². The summed E-state index contributed by atoms with van der Waals surface area (Å²) >= 11 is 0.671. The molecule has 3 rings (SSSR count). The van der Waals surface area contributed by atoms with Gasteiger partial charge < -0.3 is 5.11 Å². The normalized spacial score (nSPS) is 11.9. The smallest absolute Gasteiger partial charge is 0.295 e. The predicted molar refractivity (Wildman–Crippen MR) is 107 cm³/mol. The average molecular weight is 451 g/mol. The Morgan fingerprint density at radius 1 is 1.10 bits per heavy atom. The third-order valence-corrected chi connectivity index (χ3v) is 5.45. The van der Waals surface area contributed by atoms with Crippen LogP contribution in [0, 0.1) is 10.1 Å². The highest BCUT2D eigenvalue weighted by atomic mass is 32.2. The molecular weight excluding hydrogens is 438 g/mol. The van der Waals surface area contributed by atoms with Crippen molar-refractivity contribution in [1.29, 1.82) is 0 Å². The third-order valence-electron chi connectivity index (χ3n) is 3.85. The molecule has 30 heavy (non-hydrogen) atoms. The third kappa shape index (κ3) is 4.55. The van der Waals surface area contributed by atoms with Gasteiger partial charge in [-0.3, -0.25) is 14.7 Å². The summed E-state index contributed by atoms with van der Waals surface area (Å²) in [6.45, 7) is 0. The molecule has 0 radical (unpaired) electrons. The standard InChI is InChI=1S/C17H13N3O8S2/c1-27-28-29-15-9-10(20(22)23)5-6-12(15)18-19-13-7-8-14(21)11-3-2-4-16(17(11)13)30(24,25)26/h2-9,21H,1H3,(H,24,25,26)/b19-18+. The molecule has 0 bridgehead atoms. The number of phenols is 1. The Labute approximate surface area is 174 Å². The van der Waals surface area contributed by atoms with Crippen molar-refractivity contribution in [1.82, 2.24) is 0 Å². The molecule has 0 unspecified atom stereocenters. The van der Waals surface area contributed by atoms with Gasteiger partial charge in [0, 0.05) is 22.9 Å². The van der Waals surface area contributed by atoms with Crippen LogP contribution in [0.5, 0.6) is 5.75 Å². The van der Waals surface area contributed by atoms with Gasteiger partial charge in [0.15, 0.2) is 0 Å². The van der Waals surface area contributed by atoms with E-state index in [1.807, 2.05) is 0 Å². The molecule has 0 spiro atoms. The van der Waals surface area contributed by atoms with Crippen LogP contribution in [-0.2, 0) is 19.3 Å². The zero-order chi connectivity index (χ0) is 21.9.